The summed E-state index contributed by atoms with van der Waals surface area (Å²) in [7, 11) is 0. The number of amides is 1. The number of rotatable bonds is 3. The Kier molecular flexibility index (Phi) is 4.74. The minimum absolute atomic E-state index is 0.230. The van der Waals surface area contributed by atoms with Crippen LogP contribution in [-0.2, 0) is 6.54 Å². The summed E-state index contributed by atoms with van der Waals surface area (Å²) in [4.78, 5) is 18.8. The number of nitrogens with zero attached hydrogens (tertiary/aromatic N) is 2. The summed E-state index contributed by atoms with van der Waals surface area (Å²) in [6, 6.07) is 11.5. The Morgan fingerprint density at radius 3 is 2.73 bits per heavy atom. The number of aromatic nitrogens is 1. The molecule has 0 spiro atoms. The van der Waals surface area contributed by atoms with Crippen molar-refractivity contribution in [2.24, 2.45) is 4.99 Å². The second-order valence-corrected chi connectivity index (χ2v) is 7.63. The van der Waals surface area contributed by atoms with E-state index in [4.69, 9.17) is 9.47 Å². The summed E-state index contributed by atoms with van der Waals surface area (Å²) < 4.78 is 14.4. The van der Waals surface area contributed by atoms with E-state index >= 15 is 0 Å². The van der Waals surface area contributed by atoms with E-state index in [0.717, 1.165) is 33.2 Å². The SMILES string of the molecule is CCn1c(=NC(=O)c2cccc(SC)c2)sc2cc3c(cc21)OCCO3. The largest absolute Gasteiger partial charge is 0.486 e. The second-order valence-electron chi connectivity index (χ2n) is 5.74. The number of hydrogen-bond acceptors (Lipinski definition) is 5. The third-order valence-corrected chi connectivity index (χ3v) is 5.94. The van der Waals surface area contributed by atoms with Gasteiger partial charge in [-0.05, 0) is 31.4 Å². The van der Waals surface area contributed by atoms with Crippen LogP contribution in [0.5, 0.6) is 11.5 Å². The second kappa shape index (κ2) is 7.17. The molecule has 1 amide bonds. The zero-order chi connectivity index (χ0) is 18.1. The molecular weight excluding hydrogens is 368 g/mol. The van der Waals surface area contributed by atoms with Crippen molar-refractivity contribution in [1.29, 1.82) is 0 Å². The predicted molar refractivity (Wildman–Crippen MR) is 105 cm³/mol. The van der Waals surface area contributed by atoms with Gasteiger partial charge in [-0.15, -0.1) is 11.8 Å². The number of benzene rings is 2. The lowest BCUT2D eigenvalue weighted by molar-refractivity contribution is 0.0997. The number of carbonyl (C=O) groups excluding carboxylic acids is 1. The van der Waals surface area contributed by atoms with Gasteiger partial charge in [-0.3, -0.25) is 4.79 Å². The highest BCUT2D eigenvalue weighted by atomic mass is 32.2. The van der Waals surface area contributed by atoms with Gasteiger partial charge in [-0.25, -0.2) is 0 Å². The molecule has 7 heteroatoms. The molecule has 0 aliphatic carbocycles. The number of ether oxygens (including phenoxy) is 2. The van der Waals surface area contributed by atoms with Gasteiger partial charge in [0.2, 0.25) is 0 Å². The average Bonchev–Trinajstić information content (AvgIpc) is 3.01. The minimum atomic E-state index is -0.230. The zero-order valence-corrected chi connectivity index (χ0v) is 16.2. The fourth-order valence-electron chi connectivity index (χ4n) is 2.90. The van der Waals surface area contributed by atoms with Gasteiger partial charge in [0.1, 0.15) is 13.2 Å². The van der Waals surface area contributed by atoms with Crippen LogP contribution in [0.4, 0.5) is 0 Å². The normalized spacial score (nSPS) is 14.0. The van der Waals surface area contributed by atoms with E-state index in [0.29, 0.717) is 23.6 Å². The van der Waals surface area contributed by atoms with Crippen molar-refractivity contribution in [3.05, 3.63) is 46.8 Å². The highest BCUT2D eigenvalue weighted by Crippen LogP contribution is 2.35. The van der Waals surface area contributed by atoms with Crippen molar-refractivity contribution in [1.82, 2.24) is 4.57 Å². The van der Waals surface area contributed by atoms with Gasteiger partial charge in [-0.2, -0.15) is 4.99 Å². The molecule has 26 heavy (non-hydrogen) atoms. The maximum atomic E-state index is 12.7. The average molecular weight is 386 g/mol. The molecule has 5 nitrogen and oxygen atoms in total. The van der Waals surface area contributed by atoms with Crippen LogP contribution in [0.15, 0.2) is 46.3 Å². The Balaban J connectivity index is 1.82. The fraction of sp³-hybridized carbons (Fsp3) is 0.263. The minimum Gasteiger partial charge on any atom is -0.486 e. The molecular formula is C19H18N2O3S2. The van der Waals surface area contributed by atoms with Crippen LogP contribution in [0, 0.1) is 0 Å². The molecule has 0 saturated heterocycles. The highest BCUT2D eigenvalue weighted by molar-refractivity contribution is 7.98. The molecule has 0 N–H and O–H groups in total. The van der Waals surface area contributed by atoms with Crippen molar-refractivity contribution in [2.75, 3.05) is 19.5 Å². The predicted octanol–water partition coefficient (Wildman–Crippen LogP) is 3.96. The molecule has 3 aromatic rings. The molecule has 4 rings (SSSR count). The van der Waals surface area contributed by atoms with E-state index < -0.39 is 0 Å². The van der Waals surface area contributed by atoms with E-state index in [1.54, 1.807) is 17.8 Å². The number of thiazole rings is 1. The molecule has 1 aliphatic rings. The maximum absolute atomic E-state index is 12.7. The maximum Gasteiger partial charge on any atom is 0.279 e. The van der Waals surface area contributed by atoms with Crippen molar-refractivity contribution in [3.8, 4) is 11.5 Å². The molecule has 0 unspecified atom stereocenters. The third kappa shape index (κ3) is 3.12. The topological polar surface area (TPSA) is 52.8 Å². The van der Waals surface area contributed by atoms with Gasteiger partial charge in [0, 0.05) is 29.1 Å². The number of aryl methyl sites for hydroxylation is 1. The number of thioether (sulfide) groups is 1. The molecule has 0 bridgehead atoms. The molecule has 0 radical (unpaired) electrons. The lowest BCUT2D eigenvalue weighted by atomic mass is 10.2. The first kappa shape index (κ1) is 17.2. The Morgan fingerprint density at radius 2 is 2.00 bits per heavy atom. The van der Waals surface area contributed by atoms with Gasteiger partial charge >= 0.3 is 0 Å². The van der Waals surface area contributed by atoms with Crippen LogP contribution in [0.2, 0.25) is 0 Å². The molecule has 0 fully saturated rings. The first-order valence-corrected chi connectivity index (χ1v) is 10.4. The van der Waals surface area contributed by atoms with Crippen molar-refractivity contribution in [3.63, 3.8) is 0 Å². The van der Waals surface area contributed by atoms with Gasteiger partial charge in [-0.1, -0.05) is 17.4 Å². The Bertz CT molecular complexity index is 1050. The van der Waals surface area contributed by atoms with Gasteiger partial charge in [0.15, 0.2) is 16.3 Å². The van der Waals surface area contributed by atoms with E-state index in [-0.39, 0.29) is 5.91 Å². The monoisotopic (exact) mass is 386 g/mol. The lowest BCUT2D eigenvalue weighted by Crippen LogP contribution is -2.17. The molecule has 2 heterocycles. The summed E-state index contributed by atoms with van der Waals surface area (Å²) >= 11 is 3.10. The van der Waals surface area contributed by atoms with Crippen LogP contribution in [-0.4, -0.2) is 29.9 Å². The summed E-state index contributed by atoms with van der Waals surface area (Å²) in [6.07, 6.45) is 1.99. The molecule has 134 valence electrons. The Labute approximate surface area is 159 Å². The molecule has 2 aromatic carbocycles. The zero-order valence-electron chi connectivity index (χ0n) is 14.5. The summed E-state index contributed by atoms with van der Waals surface area (Å²) in [6.45, 7) is 3.87. The highest BCUT2D eigenvalue weighted by Gasteiger charge is 2.16. The first-order valence-electron chi connectivity index (χ1n) is 8.35. The number of fused-ring (bicyclic) bond motifs is 2. The summed E-state index contributed by atoms with van der Waals surface area (Å²) in [5, 5.41) is 0. The van der Waals surface area contributed by atoms with E-state index in [1.807, 2.05) is 48.1 Å². The Morgan fingerprint density at radius 1 is 1.23 bits per heavy atom. The smallest absolute Gasteiger partial charge is 0.279 e. The van der Waals surface area contributed by atoms with Crippen molar-refractivity contribution < 1.29 is 14.3 Å². The fourth-order valence-corrected chi connectivity index (χ4v) is 4.47. The number of hydrogen-bond donors (Lipinski definition) is 0. The standard InChI is InChI=1S/C19H18N2O3S2/c1-3-21-14-10-15-16(24-8-7-23-15)11-17(14)26-19(21)20-18(22)12-5-4-6-13(9-12)25-2/h4-6,9-11H,3,7-8H2,1-2H3. The van der Waals surface area contributed by atoms with Crippen molar-refractivity contribution >= 4 is 39.2 Å². The molecule has 1 aliphatic heterocycles. The lowest BCUT2D eigenvalue weighted by Gasteiger charge is -2.18. The molecule has 0 saturated carbocycles. The van der Waals surface area contributed by atoms with E-state index in [2.05, 4.69) is 4.99 Å². The van der Waals surface area contributed by atoms with Gasteiger partial charge in [0.25, 0.3) is 5.91 Å². The van der Waals surface area contributed by atoms with E-state index in [1.165, 1.54) is 11.3 Å². The van der Waals surface area contributed by atoms with Crippen LogP contribution in [0.25, 0.3) is 10.2 Å². The Hall–Kier alpha value is -2.25. The first-order chi connectivity index (χ1) is 12.7. The third-order valence-electron chi connectivity index (χ3n) is 4.18. The summed E-state index contributed by atoms with van der Waals surface area (Å²) in [5.41, 5.74) is 1.61. The number of carbonyl (C=O) groups is 1. The van der Waals surface area contributed by atoms with Crippen LogP contribution >= 0.6 is 23.1 Å². The summed E-state index contributed by atoms with van der Waals surface area (Å²) in [5.74, 6) is 1.26. The van der Waals surface area contributed by atoms with Gasteiger partial charge in [0.05, 0.1) is 10.2 Å². The van der Waals surface area contributed by atoms with Gasteiger partial charge < -0.3 is 14.0 Å². The van der Waals surface area contributed by atoms with Crippen LogP contribution < -0.4 is 14.3 Å². The van der Waals surface area contributed by atoms with Crippen LogP contribution in [0.3, 0.4) is 0 Å². The van der Waals surface area contributed by atoms with Crippen LogP contribution in [0.1, 0.15) is 17.3 Å². The van der Waals surface area contributed by atoms with Crippen molar-refractivity contribution in [2.45, 2.75) is 18.4 Å². The molecule has 0 atom stereocenters. The molecule has 1 aromatic heterocycles. The van der Waals surface area contributed by atoms with E-state index in [9.17, 15) is 4.79 Å². The quantitative estimate of drug-likeness (QED) is 0.640.